The van der Waals surface area contributed by atoms with Crippen LogP contribution in [0.5, 0.6) is 0 Å². The quantitative estimate of drug-likeness (QED) is 0.317. The molecule has 0 saturated heterocycles. The van der Waals surface area contributed by atoms with Gasteiger partial charge < -0.3 is 4.74 Å². The molecule has 0 radical (unpaired) electrons. The summed E-state index contributed by atoms with van der Waals surface area (Å²) in [6.45, 7) is 5.58. The summed E-state index contributed by atoms with van der Waals surface area (Å²) in [7, 11) is 0. The summed E-state index contributed by atoms with van der Waals surface area (Å²) in [5, 5.41) is 0. The average molecular weight is 412 g/mol. The van der Waals surface area contributed by atoms with Gasteiger partial charge in [0.25, 0.3) is 0 Å². The highest BCUT2D eigenvalue weighted by Gasteiger charge is 2.21. The standard InChI is InChI=1S/C26H24N2O3/c1-4-19-10-12-20(13-11-19)25(29)17(2)31-26(30)21-14-15-24-23(16-21)27-18(3)28(24)22-8-6-5-7-9-22/h5-17H,4H2,1-3H3/t17-/m0/s1. The lowest BCUT2D eigenvalue weighted by atomic mass is 10.0. The predicted molar refractivity (Wildman–Crippen MR) is 121 cm³/mol. The van der Waals surface area contributed by atoms with E-state index in [1.54, 1.807) is 31.2 Å². The maximum Gasteiger partial charge on any atom is 0.338 e. The van der Waals surface area contributed by atoms with Gasteiger partial charge in [-0.15, -0.1) is 0 Å². The Kier molecular flexibility index (Phi) is 5.67. The number of para-hydroxylation sites is 1. The first-order valence-corrected chi connectivity index (χ1v) is 10.4. The molecule has 4 rings (SSSR count). The molecule has 1 heterocycles. The van der Waals surface area contributed by atoms with E-state index in [0.29, 0.717) is 16.6 Å². The number of benzene rings is 3. The number of Topliss-reactive ketones (excluding diaryl/α,β-unsaturated/α-hetero) is 1. The van der Waals surface area contributed by atoms with E-state index in [1.807, 2.05) is 60.0 Å². The van der Waals surface area contributed by atoms with Gasteiger partial charge in [-0.25, -0.2) is 9.78 Å². The van der Waals surface area contributed by atoms with Crippen LogP contribution >= 0.6 is 0 Å². The molecule has 31 heavy (non-hydrogen) atoms. The van der Waals surface area contributed by atoms with E-state index in [9.17, 15) is 9.59 Å². The maximum absolute atomic E-state index is 12.7. The number of carbonyl (C=O) groups excluding carboxylic acids is 2. The van der Waals surface area contributed by atoms with Gasteiger partial charge in [0.05, 0.1) is 16.6 Å². The van der Waals surface area contributed by atoms with Crippen LogP contribution in [0.1, 0.15) is 46.0 Å². The number of aromatic nitrogens is 2. The van der Waals surface area contributed by atoms with Crippen molar-refractivity contribution in [3.05, 3.63) is 95.3 Å². The van der Waals surface area contributed by atoms with Crippen LogP contribution < -0.4 is 0 Å². The summed E-state index contributed by atoms with van der Waals surface area (Å²) in [5.41, 5.74) is 4.66. The molecule has 1 aromatic heterocycles. The Balaban J connectivity index is 1.54. The molecule has 5 heteroatoms. The molecule has 0 spiro atoms. The molecule has 0 amide bonds. The molecule has 156 valence electrons. The summed E-state index contributed by atoms with van der Waals surface area (Å²) in [4.78, 5) is 29.9. The van der Waals surface area contributed by atoms with Crippen molar-refractivity contribution in [3.63, 3.8) is 0 Å². The minimum Gasteiger partial charge on any atom is -0.451 e. The molecular weight excluding hydrogens is 388 g/mol. The molecule has 0 unspecified atom stereocenters. The topological polar surface area (TPSA) is 61.2 Å². The Morgan fingerprint density at radius 3 is 2.32 bits per heavy atom. The Morgan fingerprint density at radius 1 is 0.968 bits per heavy atom. The molecule has 0 N–H and O–H groups in total. The molecule has 4 aromatic rings. The second-order valence-electron chi connectivity index (χ2n) is 7.50. The second-order valence-corrected chi connectivity index (χ2v) is 7.50. The Hall–Kier alpha value is -3.73. The van der Waals surface area contributed by atoms with Crippen LogP contribution in [-0.2, 0) is 11.2 Å². The van der Waals surface area contributed by atoms with Gasteiger partial charge >= 0.3 is 5.97 Å². The van der Waals surface area contributed by atoms with Crippen LogP contribution in [0.25, 0.3) is 16.7 Å². The minimum absolute atomic E-state index is 0.221. The third-order valence-electron chi connectivity index (χ3n) is 5.37. The molecule has 0 aliphatic heterocycles. The number of nitrogens with zero attached hydrogens (tertiary/aromatic N) is 2. The van der Waals surface area contributed by atoms with E-state index in [1.165, 1.54) is 0 Å². The normalized spacial score (nSPS) is 12.0. The van der Waals surface area contributed by atoms with E-state index in [4.69, 9.17) is 4.74 Å². The highest BCUT2D eigenvalue weighted by atomic mass is 16.5. The van der Waals surface area contributed by atoms with Crippen molar-refractivity contribution in [1.29, 1.82) is 0 Å². The summed E-state index contributed by atoms with van der Waals surface area (Å²) < 4.78 is 7.49. The largest absolute Gasteiger partial charge is 0.451 e. The zero-order chi connectivity index (χ0) is 22.0. The Morgan fingerprint density at radius 2 is 1.65 bits per heavy atom. The van der Waals surface area contributed by atoms with Gasteiger partial charge in [-0.3, -0.25) is 9.36 Å². The third kappa shape index (κ3) is 4.12. The molecule has 0 aliphatic rings. The second kappa shape index (κ2) is 8.56. The van der Waals surface area contributed by atoms with Crippen molar-refractivity contribution in [3.8, 4) is 5.69 Å². The summed E-state index contributed by atoms with van der Waals surface area (Å²) >= 11 is 0. The first kappa shape index (κ1) is 20.5. The highest BCUT2D eigenvalue weighted by molar-refractivity contribution is 6.02. The molecule has 1 atom stereocenters. The fourth-order valence-electron chi connectivity index (χ4n) is 3.65. The molecule has 3 aromatic carbocycles. The lowest BCUT2D eigenvalue weighted by molar-refractivity contribution is 0.0319. The van der Waals surface area contributed by atoms with E-state index in [2.05, 4.69) is 11.9 Å². The van der Waals surface area contributed by atoms with E-state index in [0.717, 1.165) is 29.0 Å². The average Bonchev–Trinajstić information content (AvgIpc) is 3.13. The number of carbonyl (C=O) groups is 2. The van der Waals surface area contributed by atoms with Crippen LogP contribution in [0.4, 0.5) is 0 Å². The fourth-order valence-corrected chi connectivity index (χ4v) is 3.65. The monoisotopic (exact) mass is 412 g/mol. The molecule has 5 nitrogen and oxygen atoms in total. The van der Waals surface area contributed by atoms with Gasteiger partial charge in [0, 0.05) is 11.3 Å². The lowest BCUT2D eigenvalue weighted by Crippen LogP contribution is -2.24. The van der Waals surface area contributed by atoms with Crippen molar-refractivity contribution in [2.75, 3.05) is 0 Å². The fraction of sp³-hybridized carbons (Fsp3) is 0.192. The highest BCUT2D eigenvalue weighted by Crippen LogP contribution is 2.23. The molecule has 0 fully saturated rings. The molecule has 0 aliphatic carbocycles. The number of rotatable bonds is 6. The summed E-state index contributed by atoms with van der Waals surface area (Å²) in [6, 6.07) is 22.6. The third-order valence-corrected chi connectivity index (χ3v) is 5.37. The van der Waals surface area contributed by atoms with E-state index < -0.39 is 12.1 Å². The number of hydrogen-bond donors (Lipinski definition) is 0. The van der Waals surface area contributed by atoms with E-state index in [-0.39, 0.29) is 5.78 Å². The van der Waals surface area contributed by atoms with Crippen molar-refractivity contribution in [1.82, 2.24) is 9.55 Å². The Labute approximate surface area is 181 Å². The van der Waals surface area contributed by atoms with Gasteiger partial charge in [-0.05, 0) is 56.2 Å². The van der Waals surface area contributed by atoms with Crippen molar-refractivity contribution in [2.24, 2.45) is 0 Å². The van der Waals surface area contributed by atoms with Crippen LogP contribution in [0.15, 0.2) is 72.8 Å². The number of fused-ring (bicyclic) bond motifs is 1. The van der Waals surface area contributed by atoms with Gasteiger partial charge in [-0.2, -0.15) is 0 Å². The van der Waals surface area contributed by atoms with Crippen molar-refractivity contribution >= 4 is 22.8 Å². The Bertz CT molecular complexity index is 1240. The lowest BCUT2D eigenvalue weighted by Gasteiger charge is -2.13. The number of esters is 1. The predicted octanol–water partition coefficient (Wildman–Crippen LogP) is 5.32. The number of hydrogen-bond acceptors (Lipinski definition) is 4. The number of imidazole rings is 1. The van der Waals surface area contributed by atoms with Crippen LogP contribution in [-0.4, -0.2) is 27.4 Å². The van der Waals surface area contributed by atoms with Gasteiger partial charge in [0.2, 0.25) is 5.78 Å². The molecule has 0 bridgehead atoms. The first-order valence-electron chi connectivity index (χ1n) is 10.4. The van der Waals surface area contributed by atoms with Crippen molar-refractivity contribution < 1.29 is 14.3 Å². The molecule has 0 saturated carbocycles. The van der Waals surface area contributed by atoms with Gasteiger partial charge in [0.1, 0.15) is 5.82 Å². The number of ketones is 1. The summed E-state index contributed by atoms with van der Waals surface area (Å²) in [6.07, 6.45) is 0.0281. The maximum atomic E-state index is 12.7. The first-order chi connectivity index (χ1) is 15.0. The van der Waals surface area contributed by atoms with Gasteiger partial charge in [-0.1, -0.05) is 49.4 Å². The smallest absolute Gasteiger partial charge is 0.338 e. The molecular formula is C26H24N2O3. The number of aryl methyl sites for hydroxylation is 2. The van der Waals surface area contributed by atoms with Gasteiger partial charge in [0.15, 0.2) is 6.10 Å². The SMILES string of the molecule is CCc1ccc(C(=O)[C@H](C)OC(=O)c2ccc3c(c2)nc(C)n3-c2ccccc2)cc1. The van der Waals surface area contributed by atoms with Crippen LogP contribution in [0.3, 0.4) is 0 Å². The zero-order valence-corrected chi connectivity index (χ0v) is 17.8. The van der Waals surface area contributed by atoms with Crippen molar-refractivity contribution in [2.45, 2.75) is 33.3 Å². The minimum atomic E-state index is -0.876. The summed E-state index contributed by atoms with van der Waals surface area (Å²) in [5.74, 6) is 0.0620. The van der Waals surface area contributed by atoms with E-state index >= 15 is 0 Å². The van der Waals surface area contributed by atoms with Crippen LogP contribution in [0.2, 0.25) is 0 Å². The number of ether oxygens (including phenoxy) is 1. The zero-order valence-electron chi connectivity index (χ0n) is 17.8. The van der Waals surface area contributed by atoms with Crippen LogP contribution in [0, 0.1) is 6.92 Å².